The van der Waals surface area contributed by atoms with Crippen LogP contribution >= 0.6 is 0 Å². The third-order valence-electron chi connectivity index (χ3n) is 3.29. The van der Waals surface area contributed by atoms with Gasteiger partial charge in [0.1, 0.15) is 0 Å². The van der Waals surface area contributed by atoms with Crippen LogP contribution in [0, 0.1) is 5.92 Å². The predicted molar refractivity (Wildman–Crippen MR) is 56.1 cm³/mol. The number of hydrogen-bond acceptors (Lipinski definition) is 2. The summed E-state index contributed by atoms with van der Waals surface area (Å²) >= 11 is 0. The largest absolute Gasteiger partial charge is 0.401 e. The van der Waals surface area contributed by atoms with Crippen LogP contribution in [0.3, 0.4) is 0 Å². The van der Waals surface area contributed by atoms with E-state index in [2.05, 4.69) is 0 Å². The van der Waals surface area contributed by atoms with Gasteiger partial charge in [0, 0.05) is 0 Å². The minimum atomic E-state index is -4.12. The van der Waals surface area contributed by atoms with E-state index in [4.69, 9.17) is 0 Å². The molecule has 1 fully saturated rings. The summed E-state index contributed by atoms with van der Waals surface area (Å²) in [5.41, 5.74) is 0. The van der Waals surface area contributed by atoms with Crippen LogP contribution in [0.5, 0.6) is 0 Å². The van der Waals surface area contributed by atoms with E-state index in [9.17, 15) is 18.3 Å². The first-order valence-electron chi connectivity index (χ1n) is 5.89. The van der Waals surface area contributed by atoms with E-state index in [0.29, 0.717) is 19.5 Å². The quantitative estimate of drug-likeness (QED) is 0.796. The van der Waals surface area contributed by atoms with Crippen molar-refractivity contribution in [3.05, 3.63) is 0 Å². The molecule has 2 atom stereocenters. The Morgan fingerprint density at radius 2 is 2.00 bits per heavy atom. The van der Waals surface area contributed by atoms with Gasteiger partial charge in [-0.25, -0.2) is 0 Å². The van der Waals surface area contributed by atoms with E-state index in [1.54, 1.807) is 6.92 Å². The molecule has 1 saturated carbocycles. The molecule has 1 aliphatic carbocycles. The van der Waals surface area contributed by atoms with Crippen LogP contribution < -0.4 is 0 Å². The zero-order chi connectivity index (χ0) is 12.2. The van der Waals surface area contributed by atoms with Gasteiger partial charge in [0.25, 0.3) is 0 Å². The first-order chi connectivity index (χ1) is 7.42. The fourth-order valence-electron chi connectivity index (χ4n) is 2.30. The summed E-state index contributed by atoms with van der Waals surface area (Å²) in [6.07, 6.45) is -1.00. The van der Waals surface area contributed by atoms with Gasteiger partial charge >= 0.3 is 6.18 Å². The molecule has 16 heavy (non-hydrogen) atoms. The first kappa shape index (κ1) is 13.8. The number of alkyl halides is 3. The fourth-order valence-corrected chi connectivity index (χ4v) is 2.30. The number of aliphatic hydroxyl groups is 1. The summed E-state index contributed by atoms with van der Waals surface area (Å²) in [7, 11) is 0. The smallest absolute Gasteiger partial charge is 0.393 e. The molecule has 1 N–H and O–H groups in total. The Morgan fingerprint density at radius 1 is 1.31 bits per heavy atom. The number of hydrogen-bond donors (Lipinski definition) is 1. The van der Waals surface area contributed by atoms with E-state index in [-0.39, 0.29) is 12.0 Å². The summed E-state index contributed by atoms with van der Waals surface area (Å²) in [4.78, 5) is 1.39. The molecule has 0 aromatic heterocycles. The maximum Gasteiger partial charge on any atom is 0.401 e. The molecule has 5 heteroatoms. The van der Waals surface area contributed by atoms with Gasteiger partial charge in [-0.1, -0.05) is 13.3 Å². The molecule has 96 valence electrons. The molecule has 0 amide bonds. The average Bonchev–Trinajstić information content (AvgIpc) is 2.57. The third kappa shape index (κ3) is 4.70. The van der Waals surface area contributed by atoms with E-state index in [0.717, 1.165) is 19.3 Å². The highest BCUT2D eigenvalue weighted by Crippen LogP contribution is 2.28. The maximum absolute atomic E-state index is 12.2. The molecule has 0 spiro atoms. The Kier molecular flexibility index (Phi) is 5.05. The van der Waals surface area contributed by atoms with Crippen molar-refractivity contribution in [3.8, 4) is 0 Å². The van der Waals surface area contributed by atoms with E-state index >= 15 is 0 Å². The van der Waals surface area contributed by atoms with Crippen LogP contribution in [0.15, 0.2) is 0 Å². The predicted octanol–water partition coefficient (Wildman–Crippen LogP) is 2.42. The molecule has 0 bridgehead atoms. The lowest BCUT2D eigenvalue weighted by molar-refractivity contribution is -0.146. The van der Waals surface area contributed by atoms with Gasteiger partial charge in [-0.15, -0.1) is 0 Å². The highest BCUT2D eigenvalue weighted by Gasteiger charge is 2.31. The summed E-state index contributed by atoms with van der Waals surface area (Å²) in [5, 5.41) is 9.57. The molecule has 0 aromatic carbocycles. The van der Waals surface area contributed by atoms with Gasteiger partial charge in [-0.2, -0.15) is 13.2 Å². The van der Waals surface area contributed by atoms with Crippen molar-refractivity contribution in [3.63, 3.8) is 0 Å². The van der Waals surface area contributed by atoms with Crippen molar-refractivity contribution >= 4 is 0 Å². The number of rotatable bonds is 5. The molecule has 0 aliphatic heterocycles. The molecule has 2 unspecified atom stereocenters. The van der Waals surface area contributed by atoms with Crippen LogP contribution in [0.4, 0.5) is 13.2 Å². The Labute approximate surface area is 94.4 Å². The molecule has 0 radical (unpaired) electrons. The lowest BCUT2D eigenvalue weighted by atomic mass is 10.0. The molecule has 0 heterocycles. The Bertz CT molecular complexity index is 208. The second-order valence-electron chi connectivity index (χ2n) is 4.53. The number of aliphatic hydroxyl groups excluding tert-OH is 1. The summed E-state index contributed by atoms with van der Waals surface area (Å²) < 4.78 is 36.5. The minimum Gasteiger partial charge on any atom is -0.393 e. The standard InChI is InChI=1S/C11H20F3NO/c1-2-15(8-11(12,13)14)7-6-9-4-3-5-10(9)16/h9-10,16H,2-8H2,1H3. The van der Waals surface area contributed by atoms with Crippen molar-refractivity contribution in [1.29, 1.82) is 0 Å². The highest BCUT2D eigenvalue weighted by molar-refractivity contribution is 4.77. The summed E-state index contributed by atoms with van der Waals surface area (Å²) in [5.74, 6) is 0.197. The van der Waals surface area contributed by atoms with Crippen LogP contribution in [0.25, 0.3) is 0 Å². The van der Waals surface area contributed by atoms with E-state index in [1.807, 2.05) is 0 Å². The van der Waals surface area contributed by atoms with Crippen molar-refractivity contribution in [1.82, 2.24) is 4.90 Å². The van der Waals surface area contributed by atoms with Crippen molar-refractivity contribution in [2.24, 2.45) is 5.92 Å². The van der Waals surface area contributed by atoms with Crippen molar-refractivity contribution in [2.75, 3.05) is 19.6 Å². The fraction of sp³-hybridized carbons (Fsp3) is 1.00. The number of halogens is 3. The Hall–Kier alpha value is -0.290. The molecular weight excluding hydrogens is 219 g/mol. The molecule has 1 rings (SSSR count). The maximum atomic E-state index is 12.2. The topological polar surface area (TPSA) is 23.5 Å². The van der Waals surface area contributed by atoms with Gasteiger partial charge in [-0.05, 0) is 38.3 Å². The molecule has 0 aromatic rings. The molecule has 0 saturated heterocycles. The molecular formula is C11H20F3NO. The lowest BCUT2D eigenvalue weighted by Gasteiger charge is -2.24. The second-order valence-corrected chi connectivity index (χ2v) is 4.53. The molecule has 2 nitrogen and oxygen atoms in total. The summed E-state index contributed by atoms with van der Waals surface area (Å²) in [6.45, 7) is 1.73. The second kappa shape index (κ2) is 5.87. The normalized spacial score (nSPS) is 26.6. The zero-order valence-electron chi connectivity index (χ0n) is 9.63. The monoisotopic (exact) mass is 239 g/mol. The highest BCUT2D eigenvalue weighted by atomic mass is 19.4. The van der Waals surface area contributed by atoms with Gasteiger partial charge in [0.05, 0.1) is 12.6 Å². The molecule has 1 aliphatic rings. The summed E-state index contributed by atoms with van der Waals surface area (Å²) in [6, 6.07) is 0. The van der Waals surface area contributed by atoms with E-state index in [1.165, 1.54) is 4.90 Å². The zero-order valence-corrected chi connectivity index (χ0v) is 9.63. The van der Waals surface area contributed by atoms with Gasteiger partial charge < -0.3 is 5.11 Å². The van der Waals surface area contributed by atoms with E-state index < -0.39 is 12.7 Å². The van der Waals surface area contributed by atoms with Crippen LogP contribution in [-0.4, -0.2) is 41.9 Å². The van der Waals surface area contributed by atoms with Gasteiger partial charge in [0.15, 0.2) is 0 Å². The number of nitrogens with zero attached hydrogens (tertiary/aromatic N) is 1. The average molecular weight is 239 g/mol. The first-order valence-corrected chi connectivity index (χ1v) is 5.89. The Balaban J connectivity index is 2.28. The van der Waals surface area contributed by atoms with Gasteiger partial charge in [-0.3, -0.25) is 4.90 Å². The van der Waals surface area contributed by atoms with Crippen molar-refractivity contribution < 1.29 is 18.3 Å². The van der Waals surface area contributed by atoms with Gasteiger partial charge in [0.2, 0.25) is 0 Å². The lowest BCUT2D eigenvalue weighted by Crippen LogP contribution is -2.36. The van der Waals surface area contributed by atoms with Crippen LogP contribution in [0.1, 0.15) is 32.6 Å². The Morgan fingerprint density at radius 3 is 2.44 bits per heavy atom. The minimum absolute atomic E-state index is 0.197. The van der Waals surface area contributed by atoms with Crippen molar-refractivity contribution in [2.45, 2.75) is 44.9 Å². The third-order valence-corrected chi connectivity index (χ3v) is 3.29. The van der Waals surface area contributed by atoms with Crippen LogP contribution in [0.2, 0.25) is 0 Å². The van der Waals surface area contributed by atoms with Crippen LogP contribution in [-0.2, 0) is 0 Å². The SMILES string of the molecule is CCN(CCC1CCCC1O)CC(F)(F)F.